The van der Waals surface area contributed by atoms with Crippen molar-refractivity contribution in [3.8, 4) is 0 Å². The quantitative estimate of drug-likeness (QED) is 0.721. The third-order valence-corrected chi connectivity index (χ3v) is 6.33. The summed E-state index contributed by atoms with van der Waals surface area (Å²) >= 11 is 6.48. The van der Waals surface area contributed by atoms with Gasteiger partial charge in [0.05, 0.1) is 5.69 Å². The molecule has 2 aromatic rings. The van der Waals surface area contributed by atoms with Gasteiger partial charge in [-0.1, -0.05) is 38.1 Å². The van der Waals surface area contributed by atoms with Gasteiger partial charge in [-0.25, -0.2) is 9.97 Å². The van der Waals surface area contributed by atoms with Crippen molar-refractivity contribution >= 4 is 22.6 Å². The van der Waals surface area contributed by atoms with Crippen LogP contribution in [-0.4, -0.2) is 49.8 Å². The minimum Gasteiger partial charge on any atom is -0.386 e. The third-order valence-electron chi connectivity index (χ3n) is 5.68. The second kappa shape index (κ2) is 7.73. The van der Waals surface area contributed by atoms with Crippen molar-refractivity contribution < 1.29 is 19.3 Å². The zero-order valence-electron chi connectivity index (χ0n) is 17.9. The van der Waals surface area contributed by atoms with Gasteiger partial charge in [0, 0.05) is 16.6 Å². The van der Waals surface area contributed by atoms with Gasteiger partial charge in [-0.2, -0.15) is 0 Å². The summed E-state index contributed by atoms with van der Waals surface area (Å²) in [5.74, 6) is -0.754. The number of allylic oxidation sites excluding steroid dienone is 1. The van der Waals surface area contributed by atoms with Crippen molar-refractivity contribution in [3.05, 3.63) is 47.5 Å². The number of aliphatic hydroxyl groups is 1. The molecule has 0 bridgehead atoms. The van der Waals surface area contributed by atoms with Gasteiger partial charge in [0.15, 0.2) is 12.0 Å². The zero-order valence-corrected chi connectivity index (χ0v) is 18.6. The molecule has 30 heavy (non-hydrogen) atoms. The van der Waals surface area contributed by atoms with Crippen LogP contribution in [0.2, 0.25) is 0 Å². The summed E-state index contributed by atoms with van der Waals surface area (Å²) in [6.45, 7) is 13.4. The number of nitrogens with zero attached hydrogens (tertiary/aromatic N) is 3. The molecule has 2 fully saturated rings. The highest BCUT2D eigenvalue weighted by atomic mass is 35.5. The first-order chi connectivity index (χ1) is 14.1. The molecule has 5 atom stereocenters. The molecule has 0 aromatic carbocycles. The average Bonchev–Trinajstić information content (AvgIpc) is 3.33. The maximum atomic E-state index is 11.2. The molecule has 0 spiro atoms. The van der Waals surface area contributed by atoms with Crippen LogP contribution in [0.1, 0.15) is 39.6 Å². The minimum absolute atomic E-state index is 0.0487. The average molecular weight is 434 g/mol. The maximum Gasteiger partial charge on any atom is 0.164 e. The molecule has 4 heterocycles. The predicted molar refractivity (Wildman–Crippen MR) is 114 cm³/mol. The summed E-state index contributed by atoms with van der Waals surface area (Å²) in [7, 11) is 0. The Kier molecular flexibility index (Phi) is 5.53. The minimum atomic E-state index is -1.01. The van der Waals surface area contributed by atoms with Crippen LogP contribution in [0.5, 0.6) is 0 Å². The van der Waals surface area contributed by atoms with Crippen LogP contribution in [0.3, 0.4) is 0 Å². The van der Waals surface area contributed by atoms with Gasteiger partial charge in [0.2, 0.25) is 0 Å². The topological polar surface area (TPSA) is 78.6 Å². The van der Waals surface area contributed by atoms with E-state index in [0.29, 0.717) is 10.6 Å². The van der Waals surface area contributed by atoms with Crippen LogP contribution < -0.4 is 0 Å². The molecule has 0 radical (unpaired) electrons. The second-order valence-corrected chi connectivity index (χ2v) is 8.99. The van der Waals surface area contributed by atoms with Crippen molar-refractivity contribution in [3.63, 3.8) is 0 Å². The van der Waals surface area contributed by atoms with E-state index in [1.807, 2.05) is 51.4 Å². The lowest BCUT2D eigenvalue weighted by molar-refractivity contribution is -0.204. The first-order valence-electron chi connectivity index (χ1n) is 10.1. The Balaban J connectivity index is 1.75. The van der Waals surface area contributed by atoms with Crippen molar-refractivity contribution in [1.82, 2.24) is 14.5 Å². The van der Waals surface area contributed by atoms with Crippen molar-refractivity contribution in [2.45, 2.75) is 71.0 Å². The molecule has 2 aromatic heterocycles. The number of aliphatic hydroxyl groups excluding tert-OH is 1. The van der Waals surface area contributed by atoms with Gasteiger partial charge in [-0.3, -0.25) is 0 Å². The normalized spacial score (nSPS) is 29.9. The first-order valence-corrected chi connectivity index (χ1v) is 10.5. The summed E-state index contributed by atoms with van der Waals surface area (Å²) in [4.78, 5) is 8.69. The van der Waals surface area contributed by atoms with Crippen LogP contribution in [0.25, 0.3) is 11.0 Å². The first kappa shape index (κ1) is 21.5. The fraction of sp³-hybridized carbons (Fsp3) is 0.545. The largest absolute Gasteiger partial charge is 0.386 e. The van der Waals surface area contributed by atoms with E-state index in [1.165, 1.54) is 6.33 Å². The number of hydrogen-bond acceptors (Lipinski definition) is 6. The molecular weight excluding hydrogens is 406 g/mol. The smallest absolute Gasteiger partial charge is 0.164 e. The SMILES string of the molecule is C=C/C(=C(\Cl)C(C)C)[C@@H](O)[C@H]1O[C@@H](n2ccc3c(C)ncnc32)[C@@H]2OC(C)(C)O[C@@H]21. The molecule has 162 valence electrons. The summed E-state index contributed by atoms with van der Waals surface area (Å²) in [5.41, 5.74) is 2.17. The summed E-state index contributed by atoms with van der Waals surface area (Å²) < 4.78 is 20.6. The molecule has 7 nitrogen and oxygen atoms in total. The van der Waals surface area contributed by atoms with E-state index in [1.54, 1.807) is 6.08 Å². The lowest BCUT2D eigenvalue weighted by Gasteiger charge is -2.28. The van der Waals surface area contributed by atoms with E-state index in [2.05, 4.69) is 16.5 Å². The van der Waals surface area contributed by atoms with Gasteiger partial charge >= 0.3 is 0 Å². The Labute approximate surface area is 181 Å². The van der Waals surface area contributed by atoms with Gasteiger partial charge in [-0.15, -0.1) is 0 Å². The third kappa shape index (κ3) is 3.48. The van der Waals surface area contributed by atoms with E-state index in [9.17, 15) is 5.11 Å². The Morgan fingerprint density at radius 2 is 2.00 bits per heavy atom. The number of rotatable bonds is 5. The molecule has 1 N–H and O–H groups in total. The number of aryl methyl sites for hydroxylation is 1. The van der Waals surface area contributed by atoms with Gasteiger partial charge < -0.3 is 23.9 Å². The Morgan fingerprint density at radius 1 is 1.30 bits per heavy atom. The molecule has 2 saturated heterocycles. The zero-order chi connectivity index (χ0) is 21.8. The van der Waals surface area contributed by atoms with Gasteiger partial charge in [0.1, 0.15) is 36.4 Å². The van der Waals surface area contributed by atoms with E-state index in [0.717, 1.165) is 16.7 Å². The lowest BCUT2D eigenvalue weighted by atomic mass is 9.96. The highest BCUT2D eigenvalue weighted by Crippen LogP contribution is 2.46. The second-order valence-electron chi connectivity index (χ2n) is 8.58. The van der Waals surface area contributed by atoms with Crippen LogP contribution in [0.4, 0.5) is 0 Å². The molecule has 2 aliphatic rings. The van der Waals surface area contributed by atoms with Gasteiger partial charge in [0.25, 0.3) is 0 Å². The Bertz CT molecular complexity index is 999. The maximum absolute atomic E-state index is 11.2. The van der Waals surface area contributed by atoms with Crippen LogP contribution in [-0.2, 0) is 14.2 Å². The van der Waals surface area contributed by atoms with Crippen molar-refractivity contribution in [1.29, 1.82) is 0 Å². The monoisotopic (exact) mass is 433 g/mol. The molecule has 0 unspecified atom stereocenters. The highest BCUT2D eigenvalue weighted by molar-refractivity contribution is 6.30. The molecule has 0 aliphatic carbocycles. The number of ether oxygens (including phenoxy) is 3. The predicted octanol–water partition coefficient (Wildman–Crippen LogP) is 3.85. The summed E-state index contributed by atoms with van der Waals surface area (Å²) in [6.07, 6.45) is 1.91. The van der Waals surface area contributed by atoms with E-state index in [4.69, 9.17) is 25.8 Å². The van der Waals surface area contributed by atoms with Gasteiger partial charge in [-0.05, 0) is 38.3 Å². The Hall–Kier alpha value is -1.77. The molecule has 8 heteroatoms. The van der Waals surface area contributed by atoms with Crippen LogP contribution in [0, 0.1) is 12.8 Å². The summed E-state index contributed by atoms with van der Waals surface area (Å²) in [5, 5.41) is 12.7. The standard InChI is InChI=1S/C22H28ClN3O4/c1-7-13(15(23)11(2)3)16(27)17-18-19(30-22(5,6)29-18)21(28-17)26-9-8-14-12(4)24-10-25-20(14)26/h7-11,16-19,21,27H,1H2,2-6H3/b15-13+/t16-,17-,18-,19-,21-/m1/s1. The number of fused-ring (bicyclic) bond motifs is 2. The highest BCUT2D eigenvalue weighted by Gasteiger charge is 2.58. The van der Waals surface area contributed by atoms with Crippen molar-refractivity contribution in [2.24, 2.45) is 5.92 Å². The molecule has 0 saturated carbocycles. The van der Waals surface area contributed by atoms with Crippen LogP contribution in [0.15, 0.2) is 41.9 Å². The van der Waals surface area contributed by atoms with E-state index >= 15 is 0 Å². The molecule has 4 rings (SSSR count). The van der Waals surface area contributed by atoms with Crippen LogP contribution >= 0.6 is 11.6 Å². The molecule has 0 amide bonds. The molecular formula is C22H28ClN3O4. The molecule has 2 aliphatic heterocycles. The fourth-order valence-electron chi connectivity index (χ4n) is 4.26. The summed E-state index contributed by atoms with van der Waals surface area (Å²) in [6, 6.07) is 1.96. The van der Waals surface area contributed by atoms with E-state index in [-0.39, 0.29) is 5.92 Å². The number of hydrogen-bond donors (Lipinski definition) is 1. The lowest BCUT2D eigenvalue weighted by Crippen LogP contribution is -2.39. The number of halogens is 1. The fourth-order valence-corrected chi connectivity index (χ4v) is 4.45. The Morgan fingerprint density at radius 3 is 2.67 bits per heavy atom. The van der Waals surface area contributed by atoms with E-state index < -0.39 is 36.4 Å². The van der Waals surface area contributed by atoms with Crippen molar-refractivity contribution in [2.75, 3.05) is 0 Å². The number of aromatic nitrogens is 3.